The van der Waals surface area contributed by atoms with Crippen molar-refractivity contribution in [2.24, 2.45) is 7.05 Å². The van der Waals surface area contributed by atoms with Crippen molar-refractivity contribution in [1.29, 1.82) is 0 Å². The molecule has 0 saturated carbocycles. The summed E-state index contributed by atoms with van der Waals surface area (Å²) in [5, 5.41) is 12.6. The minimum atomic E-state index is -4.49. The van der Waals surface area contributed by atoms with Crippen molar-refractivity contribution in [3.8, 4) is 0 Å². The lowest BCUT2D eigenvalue weighted by atomic mass is 10.2. The first kappa shape index (κ1) is 16.8. The zero-order valence-electron chi connectivity index (χ0n) is 10.7. The van der Waals surface area contributed by atoms with E-state index >= 15 is 0 Å². The van der Waals surface area contributed by atoms with Gasteiger partial charge in [-0.3, -0.25) is 14.4 Å². The molecular formula is C11H15ClF3N3O2. The number of carboxylic acids is 1. The van der Waals surface area contributed by atoms with Crippen LogP contribution in [-0.2, 0) is 24.6 Å². The average Bonchev–Trinajstić information content (AvgIpc) is 2.84. The Morgan fingerprint density at radius 3 is 2.75 bits per heavy atom. The number of alkyl halides is 3. The summed E-state index contributed by atoms with van der Waals surface area (Å²) in [5.41, 5.74) is -0.799. The fraction of sp³-hybridized carbons (Fsp3) is 0.636. The van der Waals surface area contributed by atoms with Crippen LogP contribution in [0.2, 0.25) is 0 Å². The zero-order valence-corrected chi connectivity index (χ0v) is 11.5. The van der Waals surface area contributed by atoms with E-state index in [-0.39, 0.29) is 24.5 Å². The molecule has 1 atom stereocenters. The summed E-state index contributed by atoms with van der Waals surface area (Å²) in [6.07, 6.45) is -2.19. The molecule has 114 valence electrons. The molecule has 1 aliphatic rings. The summed E-state index contributed by atoms with van der Waals surface area (Å²) < 4.78 is 39.4. The fourth-order valence-corrected chi connectivity index (χ4v) is 2.48. The molecule has 5 nitrogen and oxygen atoms in total. The Morgan fingerprint density at radius 2 is 2.20 bits per heavy atom. The Kier molecular flexibility index (Phi) is 5.04. The summed E-state index contributed by atoms with van der Waals surface area (Å²) in [7, 11) is 1.23. The van der Waals surface area contributed by atoms with Gasteiger partial charge in [-0.1, -0.05) is 0 Å². The Balaban J connectivity index is 0.00000200. The van der Waals surface area contributed by atoms with Gasteiger partial charge in [0.1, 0.15) is 11.7 Å². The molecule has 1 aromatic heterocycles. The normalized spacial score (nSPS) is 19.9. The van der Waals surface area contributed by atoms with Crippen LogP contribution in [0.4, 0.5) is 13.2 Å². The number of carbonyl (C=O) groups is 1. The molecule has 1 fully saturated rings. The number of halogens is 4. The van der Waals surface area contributed by atoms with Crippen LogP contribution in [0.5, 0.6) is 0 Å². The van der Waals surface area contributed by atoms with Crippen LogP contribution in [-0.4, -0.2) is 38.3 Å². The first-order valence-corrected chi connectivity index (χ1v) is 5.85. The van der Waals surface area contributed by atoms with E-state index in [1.807, 2.05) is 0 Å². The van der Waals surface area contributed by atoms with E-state index < -0.39 is 23.9 Å². The monoisotopic (exact) mass is 313 g/mol. The first-order valence-electron chi connectivity index (χ1n) is 5.85. The maximum absolute atomic E-state index is 12.9. The van der Waals surface area contributed by atoms with E-state index in [2.05, 4.69) is 5.10 Å². The highest BCUT2D eigenvalue weighted by Crippen LogP contribution is 2.33. The highest BCUT2D eigenvalue weighted by Gasteiger charge is 2.39. The van der Waals surface area contributed by atoms with E-state index in [9.17, 15) is 18.0 Å². The smallest absolute Gasteiger partial charge is 0.433 e. The summed E-state index contributed by atoms with van der Waals surface area (Å²) in [6.45, 7) is 0.447. The van der Waals surface area contributed by atoms with Gasteiger partial charge in [-0.25, -0.2) is 0 Å². The van der Waals surface area contributed by atoms with Gasteiger partial charge in [-0.05, 0) is 19.4 Å². The third-order valence-corrected chi connectivity index (χ3v) is 3.31. The average molecular weight is 314 g/mol. The molecule has 0 aromatic carbocycles. The summed E-state index contributed by atoms with van der Waals surface area (Å²) in [4.78, 5) is 12.6. The van der Waals surface area contributed by atoms with Crippen molar-refractivity contribution in [3.05, 3.63) is 17.5 Å². The third kappa shape index (κ3) is 3.24. The third-order valence-electron chi connectivity index (χ3n) is 3.31. The molecule has 0 aliphatic carbocycles. The molecule has 0 bridgehead atoms. The predicted molar refractivity (Wildman–Crippen MR) is 66.5 cm³/mol. The van der Waals surface area contributed by atoms with Crippen molar-refractivity contribution in [1.82, 2.24) is 14.7 Å². The van der Waals surface area contributed by atoms with E-state index in [1.165, 1.54) is 7.05 Å². The van der Waals surface area contributed by atoms with Gasteiger partial charge in [0.25, 0.3) is 0 Å². The topological polar surface area (TPSA) is 58.4 Å². The molecule has 0 amide bonds. The van der Waals surface area contributed by atoms with Crippen LogP contribution >= 0.6 is 12.4 Å². The van der Waals surface area contributed by atoms with Gasteiger partial charge in [-0.15, -0.1) is 12.4 Å². The van der Waals surface area contributed by atoms with Crippen LogP contribution in [0, 0.1) is 0 Å². The van der Waals surface area contributed by atoms with Gasteiger partial charge >= 0.3 is 12.1 Å². The molecule has 20 heavy (non-hydrogen) atoms. The van der Waals surface area contributed by atoms with Gasteiger partial charge in [0.15, 0.2) is 0 Å². The molecule has 2 heterocycles. The second kappa shape index (κ2) is 6.01. The van der Waals surface area contributed by atoms with Crippen molar-refractivity contribution in [2.45, 2.75) is 31.6 Å². The number of aromatic nitrogens is 2. The second-order valence-corrected chi connectivity index (χ2v) is 4.61. The Hall–Kier alpha value is -1.28. The van der Waals surface area contributed by atoms with Crippen LogP contribution < -0.4 is 0 Å². The number of aryl methyl sites for hydroxylation is 1. The minimum Gasteiger partial charge on any atom is -0.480 e. The molecule has 9 heteroatoms. The van der Waals surface area contributed by atoms with Gasteiger partial charge in [0, 0.05) is 19.2 Å². The lowest BCUT2D eigenvalue weighted by molar-refractivity contribution is -0.144. The molecule has 2 rings (SSSR count). The standard InChI is InChI=1S/C11H14F3N3O2.ClH/c1-16-9(11(12,13)14)7(5-15-16)6-17-4-2-3-8(17)10(18)19;/h5,8H,2-4,6H2,1H3,(H,18,19);1H/t8-;/m0./s1. The number of carboxylic acid groups (broad SMARTS) is 1. The fourth-order valence-electron chi connectivity index (χ4n) is 2.48. The molecular weight excluding hydrogens is 299 g/mol. The maximum Gasteiger partial charge on any atom is 0.433 e. The minimum absolute atomic E-state index is 0. The highest BCUT2D eigenvalue weighted by atomic mass is 35.5. The van der Waals surface area contributed by atoms with Crippen LogP contribution in [0.1, 0.15) is 24.1 Å². The second-order valence-electron chi connectivity index (χ2n) is 4.61. The summed E-state index contributed by atoms with van der Waals surface area (Å²) in [5.74, 6) is -0.991. The van der Waals surface area contributed by atoms with E-state index in [0.29, 0.717) is 19.4 Å². The van der Waals surface area contributed by atoms with Gasteiger partial charge in [0.2, 0.25) is 0 Å². The van der Waals surface area contributed by atoms with E-state index in [0.717, 1.165) is 10.9 Å². The van der Waals surface area contributed by atoms with E-state index in [4.69, 9.17) is 5.11 Å². The highest BCUT2D eigenvalue weighted by molar-refractivity contribution is 5.85. The molecule has 0 unspecified atom stereocenters. The van der Waals surface area contributed by atoms with Gasteiger partial charge in [0.05, 0.1) is 6.20 Å². The number of hydrogen-bond acceptors (Lipinski definition) is 3. The Bertz CT molecular complexity index is 490. The number of nitrogens with zero attached hydrogens (tertiary/aromatic N) is 3. The van der Waals surface area contributed by atoms with Crippen molar-refractivity contribution < 1.29 is 23.1 Å². The molecule has 1 N–H and O–H groups in total. The van der Waals surface area contributed by atoms with Crippen LogP contribution in [0.25, 0.3) is 0 Å². The lowest BCUT2D eigenvalue weighted by Crippen LogP contribution is -2.35. The number of hydrogen-bond donors (Lipinski definition) is 1. The Labute approximate surface area is 119 Å². The quantitative estimate of drug-likeness (QED) is 0.926. The molecule has 0 radical (unpaired) electrons. The van der Waals surface area contributed by atoms with Gasteiger partial charge < -0.3 is 5.11 Å². The Morgan fingerprint density at radius 1 is 1.55 bits per heavy atom. The van der Waals surface area contributed by atoms with Crippen molar-refractivity contribution >= 4 is 18.4 Å². The largest absolute Gasteiger partial charge is 0.480 e. The van der Waals surface area contributed by atoms with Crippen molar-refractivity contribution in [2.75, 3.05) is 6.54 Å². The van der Waals surface area contributed by atoms with Crippen LogP contribution in [0.3, 0.4) is 0 Å². The molecule has 1 saturated heterocycles. The number of aliphatic carboxylic acids is 1. The lowest BCUT2D eigenvalue weighted by Gasteiger charge is -2.21. The predicted octanol–water partition coefficient (Wildman–Crippen LogP) is 1.91. The molecule has 1 aromatic rings. The summed E-state index contributed by atoms with van der Waals surface area (Å²) >= 11 is 0. The maximum atomic E-state index is 12.9. The van der Waals surface area contributed by atoms with E-state index in [1.54, 1.807) is 4.90 Å². The number of likely N-dealkylation sites (tertiary alicyclic amines) is 1. The zero-order chi connectivity index (χ0) is 14.2. The first-order chi connectivity index (χ1) is 8.80. The SMILES string of the molecule is Cl.Cn1ncc(CN2CCC[C@H]2C(=O)O)c1C(F)(F)F. The van der Waals surface area contributed by atoms with Crippen LogP contribution in [0.15, 0.2) is 6.20 Å². The number of rotatable bonds is 3. The van der Waals surface area contributed by atoms with Crippen molar-refractivity contribution in [3.63, 3.8) is 0 Å². The molecule has 0 spiro atoms. The summed E-state index contributed by atoms with van der Waals surface area (Å²) in [6, 6.07) is -0.707. The van der Waals surface area contributed by atoms with Gasteiger partial charge in [-0.2, -0.15) is 18.3 Å². The molecule has 1 aliphatic heterocycles.